The van der Waals surface area contributed by atoms with Crippen LogP contribution in [0.2, 0.25) is 0 Å². The van der Waals surface area contributed by atoms with Gasteiger partial charge in [-0.2, -0.15) is 0 Å². The number of aromatic hydroxyl groups is 8. The van der Waals surface area contributed by atoms with E-state index >= 15 is 0 Å². The van der Waals surface area contributed by atoms with Crippen LogP contribution in [0.15, 0.2) is 95.4 Å². The summed E-state index contributed by atoms with van der Waals surface area (Å²) in [6, 6.07) is 25.9. The lowest BCUT2D eigenvalue weighted by molar-refractivity contribution is 0.344. The predicted molar refractivity (Wildman–Crippen MR) is 196 cm³/mol. The van der Waals surface area contributed by atoms with Crippen molar-refractivity contribution in [2.75, 3.05) is 0 Å². The van der Waals surface area contributed by atoms with E-state index in [1.807, 2.05) is 36.4 Å². The van der Waals surface area contributed by atoms with Crippen molar-refractivity contribution in [1.82, 2.24) is 0 Å². The first-order chi connectivity index (χ1) is 24.6. The molecule has 7 aromatic carbocycles. The van der Waals surface area contributed by atoms with Crippen LogP contribution in [0, 0.1) is 0 Å². The Balaban J connectivity index is 1.39. The molecule has 1 aromatic heterocycles. The fourth-order valence-corrected chi connectivity index (χ4v) is 7.60. The zero-order valence-electron chi connectivity index (χ0n) is 26.6. The molecule has 1 aliphatic carbocycles. The summed E-state index contributed by atoms with van der Waals surface area (Å²) in [5.41, 5.74) is 4.94. The van der Waals surface area contributed by atoms with Gasteiger partial charge in [0.2, 0.25) is 23.0 Å². The van der Waals surface area contributed by atoms with Gasteiger partial charge in [0.1, 0.15) is 11.2 Å². The Labute approximate surface area is 288 Å². The minimum Gasteiger partial charge on any atom is -0.504 e. The number of aryl methyl sites for hydroxylation is 1. The number of hydrogen-bond acceptors (Lipinski definition) is 9. The number of phenolic OH excluding ortho intramolecular Hbond substituents is 8. The van der Waals surface area contributed by atoms with Crippen LogP contribution < -0.4 is 0 Å². The van der Waals surface area contributed by atoms with Crippen LogP contribution in [-0.4, -0.2) is 40.9 Å². The summed E-state index contributed by atoms with van der Waals surface area (Å²) in [6.45, 7) is 0. The van der Waals surface area contributed by atoms with E-state index in [0.717, 1.165) is 62.7 Å². The van der Waals surface area contributed by atoms with E-state index in [1.54, 1.807) is 24.3 Å². The molecule has 0 saturated carbocycles. The molecule has 8 N–H and O–H groups in total. The fraction of sp³-hybridized carbons (Fsp3) is 0.0476. The lowest BCUT2D eigenvalue weighted by Gasteiger charge is -2.22. The third-order valence-electron chi connectivity index (χ3n) is 9.97. The van der Waals surface area contributed by atoms with Crippen LogP contribution in [0.3, 0.4) is 0 Å². The molecule has 51 heavy (non-hydrogen) atoms. The Morgan fingerprint density at radius 2 is 1.04 bits per heavy atom. The molecule has 0 spiro atoms. The van der Waals surface area contributed by atoms with Crippen molar-refractivity contribution in [1.29, 1.82) is 0 Å². The molecule has 0 atom stereocenters. The van der Waals surface area contributed by atoms with Crippen LogP contribution in [0.1, 0.15) is 17.5 Å². The molecule has 0 amide bonds. The summed E-state index contributed by atoms with van der Waals surface area (Å²) in [6.07, 6.45) is 6.26. The van der Waals surface area contributed by atoms with Crippen molar-refractivity contribution in [3.8, 4) is 79.4 Å². The Hall–Kier alpha value is -7.00. The van der Waals surface area contributed by atoms with E-state index in [-0.39, 0.29) is 5.56 Å². The average molecular weight is 677 g/mol. The molecule has 1 heterocycles. The normalized spacial score (nSPS) is 12.7. The maximum Gasteiger partial charge on any atom is 0.204 e. The molecule has 1 aliphatic rings. The van der Waals surface area contributed by atoms with Gasteiger partial charge in [-0.3, -0.25) is 0 Å². The fourth-order valence-electron chi connectivity index (χ4n) is 7.60. The smallest absolute Gasteiger partial charge is 0.204 e. The third kappa shape index (κ3) is 4.21. The van der Waals surface area contributed by atoms with Crippen molar-refractivity contribution in [2.45, 2.75) is 12.8 Å². The molecule has 0 fully saturated rings. The number of hydrogen-bond donors (Lipinski definition) is 8. The largest absolute Gasteiger partial charge is 0.504 e. The highest BCUT2D eigenvalue weighted by Crippen LogP contribution is 2.61. The summed E-state index contributed by atoms with van der Waals surface area (Å²) in [5, 5.41) is 90.9. The highest BCUT2D eigenvalue weighted by atomic mass is 16.4. The second-order valence-electron chi connectivity index (χ2n) is 12.8. The van der Waals surface area contributed by atoms with Gasteiger partial charge in [-0.05, 0) is 87.0 Å². The molecule has 9 nitrogen and oxygen atoms in total. The van der Waals surface area contributed by atoms with Gasteiger partial charge in [-0.15, -0.1) is 0 Å². The molecule has 0 saturated heterocycles. The van der Waals surface area contributed by atoms with Crippen LogP contribution >= 0.6 is 0 Å². The molecular weight excluding hydrogens is 648 g/mol. The third-order valence-corrected chi connectivity index (χ3v) is 9.97. The molecule has 9 rings (SSSR count). The molecule has 0 radical (unpaired) electrons. The lowest BCUT2D eigenvalue weighted by atomic mass is 9.82. The van der Waals surface area contributed by atoms with E-state index in [2.05, 4.69) is 30.4 Å². The van der Waals surface area contributed by atoms with Crippen LogP contribution in [0.4, 0.5) is 0 Å². The topological polar surface area (TPSA) is 175 Å². The maximum absolute atomic E-state index is 11.6. The van der Waals surface area contributed by atoms with Crippen LogP contribution in [0.5, 0.6) is 46.0 Å². The second-order valence-corrected chi connectivity index (χ2v) is 12.8. The van der Waals surface area contributed by atoms with E-state index in [4.69, 9.17) is 4.42 Å². The van der Waals surface area contributed by atoms with Gasteiger partial charge in [0.15, 0.2) is 23.0 Å². The Bertz CT molecular complexity index is 2790. The molecular formula is C42H28O9. The van der Waals surface area contributed by atoms with E-state index in [1.165, 1.54) is 11.1 Å². The molecule has 8 aromatic rings. The quantitative estimate of drug-likeness (QED) is 0.0515. The first-order valence-electron chi connectivity index (χ1n) is 16.2. The first-order valence-corrected chi connectivity index (χ1v) is 16.2. The van der Waals surface area contributed by atoms with Crippen molar-refractivity contribution in [2.24, 2.45) is 0 Å². The second kappa shape index (κ2) is 10.8. The summed E-state index contributed by atoms with van der Waals surface area (Å²) >= 11 is 0. The van der Waals surface area contributed by atoms with Crippen molar-refractivity contribution in [3.05, 3.63) is 102 Å². The summed E-state index contributed by atoms with van der Waals surface area (Å²) in [5.74, 6) is -7.81. The minimum atomic E-state index is -1.10. The van der Waals surface area contributed by atoms with E-state index in [9.17, 15) is 40.9 Å². The van der Waals surface area contributed by atoms with Gasteiger partial charge >= 0.3 is 0 Å². The molecule has 250 valence electrons. The van der Waals surface area contributed by atoms with E-state index < -0.39 is 57.1 Å². The van der Waals surface area contributed by atoms with Crippen LogP contribution in [-0.2, 0) is 6.42 Å². The number of allylic oxidation sites excluding steroid dienone is 1. The highest BCUT2D eigenvalue weighted by Gasteiger charge is 2.32. The molecule has 9 heteroatoms. The number of phenols is 8. The van der Waals surface area contributed by atoms with Crippen molar-refractivity contribution < 1.29 is 45.3 Å². The van der Waals surface area contributed by atoms with Crippen molar-refractivity contribution >= 4 is 49.6 Å². The number of benzene rings is 7. The van der Waals surface area contributed by atoms with Gasteiger partial charge in [0.25, 0.3) is 0 Å². The highest BCUT2D eigenvalue weighted by molar-refractivity contribution is 6.24. The Morgan fingerprint density at radius 1 is 0.451 bits per heavy atom. The molecule has 0 aliphatic heterocycles. The summed E-state index contributed by atoms with van der Waals surface area (Å²) in [7, 11) is 0. The Kier molecular flexibility index (Phi) is 6.34. The SMILES string of the molecule is Oc1cc(-c2c(O)c(O)c(O)c(O)c2-c2c3ccccc3c(-c3ccc4oc5cc6c(cc5c4c3)C=CCC6)c3ccccc23)c(O)c(O)c1O. The molecule has 0 unspecified atom stereocenters. The van der Waals surface area contributed by atoms with E-state index in [0.29, 0.717) is 16.3 Å². The monoisotopic (exact) mass is 676 g/mol. The van der Waals surface area contributed by atoms with Gasteiger partial charge in [0, 0.05) is 33.0 Å². The van der Waals surface area contributed by atoms with Gasteiger partial charge < -0.3 is 45.3 Å². The summed E-state index contributed by atoms with van der Waals surface area (Å²) in [4.78, 5) is 0. The van der Waals surface area contributed by atoms with Gasteiger partial charge in [-0.25, -0.2) is 0 Å². The zero-order chi connectivity index (χ0) is 35.3. The van der Waals surface area contributed by atoms with Gasteiger partial charge in [0.05, 0.1) is 0 Å². The predicted octanol–water partition coefficient (Wildman–Crippen LogP) is 9.50. The van der Waals surface area contributed by atoms with Crippen molar-refractivity contribution in [3.63, 3.8) is 0 Å². The standard InChI is InChI=1S/C42H28O9/c43-29-18-28(36(44)40(48)37(29)45)34-35(39(47)42(50)41(49)38(34)46)33-24-11-5-3-9-22(24)32(23-10-4-6-12-25(23)33)21-13-14-30-26(16-21)27-15-19-7-1-2-8-20(19)17-31(27)51-30/h1,3-7,9-18,43-50H,2,8H2. The number of fused-ring (bicyclic) bond motifs is 6. The zero-order valence-corrected chi connectivity index (χ0v) is 26.6. The van der Waals surface area contributed by atoms with Gasteiger partial charge in [-0.1, -0.05) is 66.7 Å². The lowest BCUT2D eigenvalue weighted by Crippen LogP contribution is -1.95. The maximum atomic E-state index is 11.6. The van der Waals surface area contributed by atoms with Crippen LogP contribution in [0.25, 0.3) is 82.9 Å². The Morgan fingerprint density at radius 3 is 1.71 bits per heavy atom. The minimum absolute atomic E-state index is 0.212. The summed E-state index contributed by atoms with van der Waals surface area (Å²) < 4.78 is 6.30. The first kappa shape index (κ1) is 30.1. The average Bonchev–Trinajstić information content (AvgIpc) is 3.51. The molecule has 0 bridgehead atoms. The number of furan rings is 1. The number of rotatable bonds is 3.